The first-order chi connectivity index (χ1) is 17.4. The molecule has 0 aliphatic carbocycles. The van der Waals surface area contributed by atoms with E-state index in [9.17, 15) is 4.79 Å². The highest BCUT2D eigenvalue weighted by Crippen LogP contribution is 2.37. The Balaban J connectivity index is 1.79. The van der Waals surface area contributed by atoms with Crippen LogP contribution >= 0.6 is 0 Å². The minimum atomic E-state index is -0.628. The zero-order valence-corrected chi connectivity index (χ0v) is 21.8. The number of carbonyl (C=O) groups excluding carboxylic acids is 1. The van der Waals surface area contributed by atoms with E-state index in [4.69, 9.17) is 28.4 Å². The molecule has 0 amide bonds. The molecule has 2 aromatic carbocycles. The lowest BCUT2D eigenvalue weighted by Gasteiger charge is -2.18. The molecule has 1 atom stereocenters. The summed E-state index contributed by atoms with van der Waals surface area (Å²) in [7, 11) is 3.19. The first-order valence-corrected chi connectivity index (χ1v) is 12.1. The Morgan fingerprint density at radius 2 is 1.67 bits per heavy atom. The summed E-state index contributed by atoms with van der Waals surface area (Å²) in [5.74, 6) is 2.23. The number of fused-ring (bicyclic) bond motifs is 1. The summed E-state index contributed by atoms with van der Waals surface area (Å²) >= 11 is 0. The number of rotatable bonds is 13. The van der Waals surface area contributed by atoms with Crippen molar-refractivity contribution in [1.82, 2.24) is 4.98 Å². The molecule has 0 saturated carbocycles. The molecular weight excluding hydrogens is 462 g/mol. The van der Waals surface area contributed by atoms with Gasteiger partial charge >= 0.3 is 5.97 Å². The van der Waals surface area contributed by atoms with Gasteiger partial charge in [0.05, 0.1) is 38.0 Å². The van der Waals surface area contributed by atoms with E-state index in [1.807, 2.05) is 57.2 Å². The molecule has 36 heavy (non-hydrogen) atoms. The molecule has 0 aliphatic heterocycles. The van der Waals surface area contributed by atoms with Crippen molar-refractivity contribution in [2.24, 2.45) is 0 Å². The van der Waals surface area contributed by atoms with E-state index in [0.29, 0.717) is 42.6 Å². The van der Waals surface area contributed by atoms with Crippen LogP contribution in [0.25, 0.3) is 10.9 Å². The topological polar surface area (TPSA) is 85.3 Å². The standard InChI is InChI=1S/C28H35NO7/c1-7-33-26(28(30)34-8-2)13-19-9-11-21(12-10-19)35-17-20-16-29-23-15-25(32-6)24(31-5)14-22(23)27(20)36-18(3)4/h9-12,14-16,18,26H,7-8,13,17H2,1-6H3. The molecule has 1 aromatic heterocycles. The fourth-order valence-electron chi connectivity index (χ4n) is 3.76. The van der Waals surface area contributed by atoms with Crippen LogP contribution in [0, 0.1) is 0 Å². The molecule has 0 N–H and O–H groups in total. The Hall–Kier alpha value is -3.52. The normalized spacial score (nSPS) is 11.9. The van der Waals surface area contributed by atoms with Gasteiger partial charge in [-0.25, -0.2) is 4.79 Å². The number of aromatic nitrogens is 1. The molecule has 8 heteroatoms. The Bertz CT molecular complexity index is 1140. The molecule has 0 fully saturated rings. The number of carbonyl (C=O) groups is 1. The van der Waals surface area contributed by atoms with Crippen molar-refractivity contribution in [3.8, 4) is 23.0 Å². The lowest BCUT2D eigenvalue weighted by atomic mass is 10.1. The second-order valence-corrected chi connectivity index (χ2v) is 8.34. The molecule has 194 valence electrons. The van der Waals surface area contributed by atoms with Crippen LogP contribution < -0.4 is 18.9 Å². The number of methoxy groups -OCH3 is 2. The zero-order chi connectivity index (χ0) is 26.1. The maximum absolute atomic E-state index is 12.1. The molecule has 0 radical (unpaired) electrons. The monoisotopic (exact) mass is 497 g/mol. The Morgan fingerprint density at radius 1 is 0.972 bits per heavy atom. The maximum atomic E-state index is 12.1. The maximum Gasteiger partial charge on any atom is 0.335 e. The second-order valence-electron chi connectivity index (χ2n) is 8.34. The molecule has 3 aromatic rings. The van der Waals surface area contributed by atoms with Gasteiger partial charge in [-0.3, -0.25) is 4.98 Å². The van der Waals surface area contributed by atoms with Crippen molar-refractivity contribution >= 4 is 16.9 Å². The number of nitrogens with zero attached hydrogens (tertiary/aromatic N) is 1. The highest BCUT2D eigenvalue weighted by molar-refractivity contribution is 5.89. The van der Waals surface area contributed by atoms with E-state index in [2.05, 4.69) is 4.98 Å². The molecular formula is C28H35NO7. The molecule has 0 saturated heterocycles. The average molecular weight is 498 g/mol. The highest BCUT2D eigenvalue weighted by Gasteiger charge is 2.21. The summed E-state index contributed by atoms with van der Waals surface area (Å²) in [6.07, 6.45) is 1.52. The number of hydrogen-bond acceptors (Lipinski definition) is 8. The third kappa shape index (κ3) is 6.79. The molecule has 1 heterocycles. The van der Waals surface area contributed by atoms with E-state index in [1.165, 1.54) is 0 Å². The fraction of sp³-hybridized carbons (Fsp3) is 0.429. The van der Waals surface area contributed by atoms with Gasteiger partial charge in [0, 0.05) is 30.7 Å². The smallest absolute Gasteiger partial charge is 0.335 e. The van der Waals surface area contributed by atoms with Crippen LogP contribution in [0.1, 0.15) is 38.8 Å². The summed E-state index contributed by atoms with van der Waals surface area (Å²) in [6, 6.07) is 11.3. The number of ether oxygens (including phenoxy) is 6. The first kappa shape index (κ1) is 27.1. The highest BCUT2D eigenvalue weighted by atomic mass is 16.6. The second kappa shape index (κ2) is 13.0. The van der Waals surface area contributed by atoms with Crippen LogP contribution in [0.2, 0.25) is 0 Å². The van der Waals surface area contributed by atoms with E-state index in [-0.39, 0.29) is 18.7 Å². The van der Waals surface area contributed by atoms with Gasteiger partial charge in [-0.15, -0.1) is 0 Å². The summed E-state index contributed by atoms with van der Waals surface area (Å²) in [5, 5.41) is 0.818. The Kier molecular flexibility index (Phi) is 9.76. The van der Waals surface area contributed by atoms with Crippen molar-refractivity contribution in [1.29, 1.82) is 0 Å². The first-order valence-electron chi connectivity index (χ1n) is 12.1. The zero-order valence-electron chi connectivity index (χ0n) is 21.8. The van der Waals surface area contributed by atoms with Crippen LogP contribution in [0.4, 0.5) is 0 Å². The van der Waals surface area contributed by atoms with E-state index >= 15 is 0 Å². The van der Waals surface area contributed by atoms with Gasteiger partial charge in [-0.2, -0.15) is 0 Å². The SMILES string of the molecule is CCOC(=O)C(Cc1ccc(OCc2cnc3cc(OC)c(OC)cc3c2OC(C)C)cc1)OCC. The average Bonchev–Trinajstić information content (AvgIpc) is 2.87. The van der Waals surface area contributed by atoms with Gasteiger partial charge in [0.25, 0.3) is 0 Å². The summed E-state index contributed by atoms with van der Waals surface area (Å²) in [6.45, 7) is 8.61. The van der Waals surface area contributed by atoms with Crippen LogP contribution in [0.3, 0.4) is 0 Å². The van der Waals surface area contributed by atoms with Crippen molar-refractivity contribution in [3.05, 3.63) is 53.7 Å². The van der Waals surface area contributed by atoms with E-state index in [0.717, 1.165) is 22.0 Å². The molecule has 1 unspecified atom stereocenters. The lowest BCUT2D eigenvalue weighted by Crippen LogP contribution is -2.28. The van der Waals surface area contributed by atoms with Crippen molar-refractivity contribution in [3.63, 3.8) is 0 Å². The summed E-state index contributed by atoms with van der Waals surface area (Å²) in [5.41, 5.74) is 2.50. The molecule has 0 aliphatic rings. The van der Waals surface area contributed by atoms with Crippen LogP contribution in [0.5, 0.6) is 23.0 Å². The van der Waals surface area contributed by atoms with Gasteiger partial charge in [0.15, 0.2) is 17.6 Å². The quantitative estimate of drug-likeness (QED) is 0.301. The van der Waals surface area contributed by atoms with Gasteiger partial charge in [0.1, 0.15) is 18.1 Å². The molecule has 8 nitrogen and oxygen atoms in total. The molecule has 0 bridgehead atoms. The van der Waals surface area contributed by atoms with Crippen molar-refractivity contribution in [2.75, 3.05) is 27.4 Å². The van der Waals surface area contributed by atoms with Gasteiger partial charge in [-0.1, -0.05) is 12.1 Å². The van der Waals surface area contributed by atoms with Crippen LogP contribution in [-0.2, 0) is 27.3 Å². The van der Waals surface area contributed by atoms with Gasteiger partial charge in [0.2, 0.25) is 0 Å². The van der Waals surface area contributed by atoms with Gasteiger partial charge < -0.3 is 28.4 Å². The van der Waals surface area contributed by atoms with Gasteiger partial charge in [-0.05, 0) is 51.5 Å². The predicted molar refractivity (Wildman–Crippen MR) is 137 cm³/mol. The largest absolute Gasteiger partial charge is 0.493 e. The van der Waals surface area contributed by atoms with Crippen LogP contribution in [0.15, 0.2) is 42.6 Å². The lowest BCUT2D eigenvalue weighted by molar-refractivity contribution is -0.156. The third-order valence-corrected chi connectivity index (χ3v) is 5.41. The predicted octanol–water partition coefficient (Wildman–Crippen LogP) is 5.13. The van der Waals surface area contributed by atoms with E-state index < -0.39 is 6.10 Å². The van der Waals surface area contributed by atoms with Crippen molar-refractivity contribution in [2.45, 2.75) is 52.9 Å². The van der Waals surface area contributed by atoms with Crippen molar-refractivity contribution < 1.29 is 33.2 Å². The Labute approximate surface area is 212 Å². The van der Waals surface area contributed by atoms with Crippen LogP contribution in [-0.4, -0.2) is 50.6 Å². The molecule has 3 rings (SSSR count). The third-order valence-electron chi connectivity index (χ3n) is 5.41. The molecule has 0 spiro atoms. The summed E-state index contributed by atoms with van der Waals surface area (Å²) in [4.78, 5) is 16.7. The summed E-state index contributed by atoms with van der Waals surface area (Å²) < 4.78 is 33.8. The number of benzene rings is 2. The fourth-order valence-corrected chi connectivity index (χ4v) is 3.76. The minimum absolute atomic E-state index is 0.0422. The number of esters is 1. The Morgan fingerprint density at radius 3 is 2.28 bits per heavy atom. The van der Waals surface area contributed by atoms with E-state index in [1.54, 1.807) is 27.3 Å². The minimum Gasteiger partial charge on any atom is -0.493 e. The number of hydrogen-bond donors (Lipinski definition) is 0. The number of pyridine rings is 1.